The number of hydrogen-bond donors (Lipinski definition) is 2. The minimum atomic E-state index is 0.0704. The van der Waals surface area contributed by atoms with E-state index in [9.17, 15) is 4.79 Å². The lowest BCUT2D eigenvalue weighted by atomic mass is 9.80. The predicted molar refractivity (Wildman–Crippen MR) is 128 cm³/mol. The Morgan fingerprint density at radius 1 is 1.03 bits per heavy atom. The van der Waals surface area contributed by atoms with Gasteiger partial charge in [-0.2, -0.15) is 0 Å². The lowest BCUT2D eigenvalue weighted by Crippen LogP contribution is -2.60. The van der Waals surface area contributed by atoms with Gasteiger partial charge < -0.3 is 15.4 Å². The molecule has 0 atom stereocenters. The second kappa shape index (κ2) is 8.52. The Morgan fingerprint density at radius 2 is 1.71 bits per heavy atom. The fourth-order valence-corrected chi connectivity index (χ4v) is 5.69. The highest BCUT2D eigenvalue weighted by Gasteiger charge is 2.37. The molecule has 5 nitrogen and oxygen atoms in total. The molecule has 31 heavy (non-hydrogen) atoms. The quantitative estimate of drug-likeness (QED) is 0.513. The number of aldehydes is 1. The smallest absolute Gasteiger partial charge is 0.223 e. The van der Waals surface area contributed by atoms with Gasteiger partial charge in [-0.05, 0) is 69.9 Å². The molecular formula is C25H30N4OS. The Kier molecular flexibility index (Phi) is 5.95. The zero-order valence-electron chi connectivity index (χ0n) is 18.6. The Morgan fingerprint density at radius 3 is 2.39 bits per heavy atom. The van der Waals surface area contributed by atoms with Crippen molar-refractivity contribution in [3.05, 3.63) is 54.2 Å². The average Bonchev–Trinajstić information content (AvgIpc) is 3.17. The van der Waals surface area contributed by atoms with Gasteiger partial charge >= 0.3 is 0 Å². The van der Waals surface area contributed by atoms with Crippen LogP contribution in [-0.2, 0) is 11.2 Å². The molecule has 1 aliphatic rings. The first kappa shape index (κ1) is 21.7. The van der Waals surface area contributed by atoms with Gasteiger partial charge in [-0.3, -0.25) is 0 Å². The Balaban J connectivity index is 1.50. The maximum atomic E-state index is 10.7. The molecule has 0 spiro atoms. The number of aromatic nitrogens is 2. The highest BCUT2D eigenvalue weighted by atomic mass is 32.1. The Labute approximate surface area is 188 Å². The number of rotatable bonds is 6. The van der Waals surface area contributed by atoms with Crippen LogP contribution in [0.25, 0.3) is 21.0 Å². The van der Waals surface area contributed by atoms with Crippen molar-refractivity contribution in [3.8, 4) is 21.0 Å². The van der Waals surface area contributed by atoms with E-state index in [1.807, 2.05) is 24.4 Å². The van der Waals surface area contributed by atoms with Crippen LogP contribution in [0.5, 0.6) is 0 Å². The van der Waals surface area contributed by atoms with Crippen molar-refractivity contribution in [1.29, 1.82) is 0 Å². The molecule has 0 amide bonds. The highest BCUT2D eigenvalue weighted by Crippen LogP contribution is 2.34. The fourth-order valence-electron chi connectivity index (χ4n) is 4.70. The maximum absolute atomic E-state index is 10.7. The van der Waals surface area contributed by atoms with Gasteiger partial charge in [0.2, 0.25) is 5.95 Å². The number of hydrogen-bond acceptors (Lipinski definition) is 6. The third-order valence-electron chi connectivity index (χ3n) is 5.59. The van der Waals surface area contributed by atoms with Gasteiger partial charge in [-0.25, -0.2) is 9.97 Å². The minimum Gasteiger partial charge on any atom is -0.351 e. The predicted octanol–water partition coefficient (Wildman–Crippen LogP) is 5.33. The van der Waals surface area contributed by atoms with Crippen LogP contribution in [0.3, 0.4) is 0 Å². The number of thiophene rings is 1. The summed E-state index contributed by atoms with van der Waals surface area (Å²) in [4.78, 5) is 22.3. The molecule has 2 N–H and O–H groups in total. The number of benzene rings is 1. The van der Waals surface area contributed by atoms with E-state index in [0.717, 1.165) is 40.8 Å². The number of anilines is 1. The second-order valence-electron chi connectivity index (χ2n) is 9.64. The summed E-state index contributed by atoms with van der Waals surface area (Å²) in [6.45, 7) is 8.99. The maximum Gasteiger partial charge on any atom is 0.223 e. The zero-order valence-corrected chi connectivity index (χ0v) is 19.4. The normalized spacial score (nSPS) is 17.9. The number of carbonyl (C=O) groups excluding carboxylic acids is 1. The molecule has 0 aliphatic carbocycles. The van der Waals surface area contributed by atoms with E-state index in [0.29, 0.717) is 18.4 Å². The van der Waals surface area contributed by atoms with Gasteiger partial charge in [-0.15, -0.1) is 11.3 Å². The summed E-state index contributed by atoms with van der Waals surface area (Å²) < 4.78 is 0. The van der Waals surface area contributed by atoms with Crippen molar-refractivity contribution in [2.24, 2.45) is 0 Å². The molecule has 0 unspecified atom stereocenters. The standard InChI is InChI=1S/C25H30N4OS/c1-24(2)15-19(16-25(3,4)29-24)27-23-26-13-11-20(28-23)22-10-9-21(31-22)18-7-5-17(6-8-18)12-14-30/h5-11,13-14,19,29H,12,15-16H2,1-4H3,(H,26,27,28). The SMILES string of the molecule is CC1(C)CC(Nc2nccc(-c3ccc(-c4ccc(CC=O)cc4)s3)n2)CC(C)(C)N1. The van der Waals surface area contributed by atoms with Crippen molar-refractivity contribution in [1.82, 2.24) is 15.3 Å². The molecule has 3 aromatic rings. The zero-order chi connectivity index (χ0) is 22.1. The highest BCUT2D eigenvalue weighted by molar-refractivity contribution is 7.18. The van der Waals surface area contributed by atoms with Gasteiger partial charge in [0.25, 0.3) is 0 Å². The van der Waals surface area contributed by atoms with Gasteiger partial charge in [0.1, 0.15) is 6.29 Å². The third-order valence-corrected chi connectivity index (χ3v) is 6.75. The minimum absolute atomic E-state index is 0.0704. The van der Waals surface area contributed by atoms with Crippen LogP contribution in [0.15, 0.2) is 48.7 Å². The topological polar surface area (TPSA) is 66.9 Å². The first-order chi connectivity index (χ1) is 14.7. The largest absolute Gasteiger partial charge is 0.351 e. The van der Waals surface area contributed by atoms with Crippen LogP contribution in [0.2, 0.25) is 0 Å². The Bertz CT molecular complexity index is 1040. The van der Waals surface area contributed by atoms with Gasteiger partial charge in [0.15, 0.2) is 0 Å². The molecule has 1 saturated heterocycles. The van der Waals surface area contributed by atoms with E-state index >= 15 is 0 Å². The molecule has 3 heterocycles. The third kappa shape index (κ3) is 5.38. The number of nitrogens with one attached hydrogen (secondary N) is 2. The number of nitrogens with zero attached hydrogens (tertiary/aromatic N) is 2. The molecule has 1 aromatic carbocycles. The van der Waals surface area contributed by atoms with E-state index < -0.39 is 0 Å². The molecule has 162 valence electrons. The van der Waals surface area contributed by atoms with Crippen LogP contribution < -0.4 is 10.6 Å². The summed E-state index contributed by atoms with van der Waals surface area (Å²) in [5.74, 6) is 0.684. The summed E-state index contributed by atoms with van der Waals surface area (Å²) in [7, 11) is 0. The van der Waals surface area contributed by atoms with Crippen molar-refractivity contribution in [2.75, 3.05) is 5.32 Å². The summed E-state index contributed by atoms with van der Waals surface area (Å²) in [5, 5.41) is 7.29. The molecule has 0 radical (unpaired) electrons. The van der Waals surface area contributed by atoms with Crippen molar-refractivity contribution in [3.63, 3.8) is 0 Å². The molecule has 4 rings (SSSR count). The van der Waals surface area contributed by atoms with Crippen LogP contribution in [-0.4, -0.2) is 33.4 Å². The molecule has 1 aliphatic heterocycles. The van der Waals surface area contributed by atoms with E-state index in [1.165, 1.54) is 4.88 Å². The van der Waals surface area contributed by atoms with Crippen LogP contribution in [0, 0.1) is 0 Å². The van der Waals surface area contributed by atoms with Crippen molar-refractivity contribution < 1.29 is 4.79 Å². The summed E-state index contributed by atoms with van der Waals surface area (Å²) in [5.41, 5.74) is 3.25. The van der Waals surface area contributed by atoms with Crippen LogP contribution in [0.4, 0.5) is 5.95 Å². The first-order valence-corrected chi connectivity index (χ1v) is 11.6. The molecule has 2 aromatic heterocycles. The number of piperidine rings is 1. The summed E-state index contributed by atoms with van der Waals surface area (Å²) in [6, 6.07) is 14.7. The van der Waals surface area contributed by atoms with E-state index in [1.54, 1.807) is 11.3 Å². The fraction of sp³-hybridized carbons (Fsp3) is 0.400. The average molecular weight is 435 g/mol. The monoisotopic (exact) mass is 434 g/mol. The van der Waals surface area contributed by atoms with Gasteiger partial charge in [-0.1, -0.05) is 24.3 Å². The summed E-state index contributed by atoms with van der Waals surface area (Å²) in [6.07, 6.45) is 5.26. The first-order valence-electron chi connectivity index (χ1n) is 10.8. The van der Waals surface area contributed by atoms with E-state index in [-0.39, 0.29) is 11.1 Å². The van der Waals surface area contributed by atoms with Crippen molar-refractivity contribution in [2.45, 2.75) is 64.1 Å². The van der Waals surface area contributed by atoms with Gasteiger partial charge in [0, 0.05) is 34.6 Å². The summed E-state index contributed by atoms with van der Waals surface area (Å²) >= 11 is 1.71. The lowest BCUT2D eigenvalue weighted by molar-refractivity contribution is -0.107. The molecule has 0 bridgehead atoms. The van der Waals surface area contributed by atoms with E-state index in [4.69, 9.17) is 4.98 Å². The lowest BCUT2D eigenvalue weighted by Gasteiger charge is -2.46. The van der Waals surface area contributed by atoms with Crippen molar-refractivity contribution >= 4 is 23.6 Å². The molecular weight excluding hydrogens is 404 g/mol. The van der Waals surface area contributed by atoms with Gasteiger partial charge in [0.05, 0.1) is 10.6 Å². The number of carbonyl (C=O) groups is 1. The van der Waals surface area contributed by atoms with Crippen LogP contribution >= 0.6 is 11.3 Å². The van der Waals surface area contributed by atoms with E-state index in [2.05, 4.69) is 67.6 Å². The molecule has 0 saturated carbocycles. The second-order valence-corrected chi connectivity index (χ2v) is 10.7. The van der Waals surface area contributed by atoms with Crippen LogP contribution in [0.1, 0.15) is 46.1 Å². The molecule has 1 fully saturated rings. The molecule has 6 heteroatoms. The Hall–Kier alpha value is -2.57.